The number of carbonyl (C=O) groups is 2. The number of hydrogen-bond donors (Lipinski definition) is 2. The summed E-state index contributed by atoms with van der Waals surface area (Å²) < 4.78 is 12.1. The Labute approximate surface area is 328 Å². The van der Waals surface area contributed by atoms with Crippen LogP contribution in [0.4, 0.5) is 5.69 Å². The van der Waals surface area contributed by atoms with Crippen LogP contribution in [-0.4, -0.2) is 33.0 Å². The molecule has 0 unspecified atom stereocenters. The highest BCUT2D eigenvalue weighted by molar-refractivity contribution is 6.56. The van der Waals surface area contributed by atoms with Gasteiger partial charge in [0, 0.05) is 33.4 Å². The molecule has 0 amide bonds. The largest absolute Gasteiger partial charge is 0.457 e. The van der Waals surface area contributed by atoms with E-state index in [-0.39, 0.29) is 11.6 Å². The third-order valence-corrected chi connectivity index (χ3v) is 9.97. The zero-order chi connectivity index (χ0) is 39.0. The molecule has 0 bridgehead atoms. The summed E-state index contributed by atoms with van der Waals surface area (Å²) in [6, 6.07) is 49.1. The number of imidazole rings is 1. The summed E-state index contributed by atoms with van der Waals surface area (Å²) in [4.78, 5) is 37.7. The Kier molecular flexibility index (Phi) is 8.91. The second-order valence-electron chi connectivity index (χ2n) is 13.9. The second kappa shape index (κ2) is 14.5. The Morgan fingerprint density at radius 1 is 0.561 bits per heavy atom. The SMILES string of the molecule is CC(=O)c1ccc(C(=O)c2ccc(Oc3ccc(-c4nc5ccc(-c6ccc7c(c6)N=C(c6ccc(Oc8ccc(C)cc8)cc6)C7=N)cc5[nH]4)cc3)cc2)cc1. The van der Waals surface area contributed by atoms with Gasteiger partial charge in [-0.05, 0) is 134 Å². The van der Waals surface area contributed by atoms with E-state index in [9.17, 15) is 9.59 Å². The number of H-pyrrole nitrogens is 1. The van der Waals surface area contributed by atoms with Crippen molar-refractivity contribution in [3.05, 3.63) is 191 Å². The molecule has 1 aliphatic heterocycles. The van der Waals surface area contributed by atoms with E-state index in [2.05, 4.69) is 11.1 Å². The van der Waals surface area contributed by atoms with Crippen LogP contribution in [0.1, 0.15) is 49.9 Å². The standard InChI is InChI=1S/C49H34N4O4/c1-29-3-17-38(18-4-29)56-39-19-9-32(10-20-39)47-46(50)42-25-15-36(27-44(42)51-47)37-16-26-43-45(28-37)53-49(52-43)35-13-23-41(24-14-35)57-40-21-11-34(12-22-40)48(55)33-7-5-31(6-8-33)30(2)54/h3-28,50H,1-2H3,(H,52,53). The first-order chi connectivity index (χ1) is 27.7. The minimum atomic E-state index is -0.126. The fourth-order valence-corrected chi connectivity index (χ4v) is 6.79. The van der Waals surface area contributed by atoms with Crippen LogP contribution in [0.25, 0.3) is 33.5 Å². The molecule has 8 heteroatoms. The van der Waals surface area contributed by atoms with Gasteiger partial charge in [-0.1, -0.05) is 54.1 Å². The lowest BCUT2D eigenvalue weighted by Gasteiger charge is -2.08. The summed E-state index contributed by atoms with van der Waals surface area (Å²) in [5.74, 6) is 3.32. The Morgan fingerprint density at radius 2 is 1.05 bits per heavy atom. The molecule has 1 aromatic heterocycles. The Hall–Kier alpha value is -7.71. The Bertz CT molecular complexity index is 2870. The van der Waals surface area contributed by atoms with Crippen molar-refractivity contribution in [1.82, 2.24) is 9.97 Å². The number of nitrogens with zero attached hydrogens (tertiary/aromatic N) is 2. The van der Waals surface area contributed by atoms with E-state index in [0.717, 1.165) is 61.9 Å². The maximum absolute atomic E-state index is 12.9. The fraction of sp³-hybridized carbons (Fsp3) is 0.0408. The first kappa shape index (κ1) is 35.0. The van der Waals surface area contributed by atoms with Crippen molar-refractivity contribution in [2.45, 2.75) is 13.8 Å². The Morgan fingerprint density at radius 3 is 1.67 bits per heavy atom. The van der Waals surface area contributed by atoms with Gasteiger partial charge in [0.2, 0.25) is 0 Å². The molecule has 0 atom stereocenters. The number of benzene rings is 7. The van der Waals surface area contributed by atoms with Crippen LogP contribution >= 0.6 is 0 Å². The number of aliphatic imine (C=N–C) groups is 1. The number of Topliss-reactive ketones (excluding diaryl/α,β-unsaturated/α-hetero) is 1. The first-order valence-corrected chi connectivity index (χ1v) is 18.5. The molecule has 8 nitrogen and oxygen atoms in total. The van der Waals surface area contributed by atoms with E-state index in [1.54, 1.807) is 48.5 Å². The minimum Gasteiger partial charge on any atom is -0.457 e. The summed E-state index contributed by atoms with van der Waals surface area (Å²) in [7, 11) is 0. The lowest BCUT2D eigenvalue weighted by Crippen LogP contribution is -2.10. The fourth-order valence-electron chi connectivity index (χ4n) is 6.79. The number of hydrogen-bond acceptors (Lipinski definition) is 7. The van der Waals surface area contributed by atoms with Crippen LogP contribution < -0.4 is 9.47 Å². The molecule has 57 heavy (non-hydrogen) atoms. The summed E-state index contributed by atoms with van der Waals surface area (Å²) in [5.41, 5.74) is 10.9. The molecule has 7 aromatic carbocycles. The van der Waals surface area contributed by atoms with Crippen molar-refractivity contribution in [3.63, 3.8) is 0 Å². The third kappa shape index (κ3) is 7.15. The summed E-state index contributed by atoms with van der Waals surface area (Å²) in [6.45, 7) is 3.54. The summed E-state index contributed by atoms with van der Waals surface area (Å²) in [6.07, 6.45) is 0. The lowest BCUT2D eigenvalue weighted by atomic mass is 9.98. The summed E-state index contributed by atoms with van der Waals surface area (Å²) >= 11 is 0. The molecule has 0 saturated heterocycles. The second-order valence-corrected chi connectivity index (χ2v) is 13.9. The van der Waals surface area contributed by atoms with Gasteiger partial charge in [0.25, 0.3) is 0 Å². The number of aromatic nitrogens is 2. The van der Waals surface area contributed by atoms with Crippen LogP contribution in [0.5, 0.6) is 23.0 Å². The maximum Gasteiger partial charge on any atom is 0.193 e. The molecular weight excluding hydrogens is 709 g/mol. The molecule has 2 N–H and O–H groups in total. The van der Waals surface area contributed by atoms with E-state index in [1.807, 2.05) is 110 Å². The molecule has 0 fully saturated rings. The number of ether oxygens (including phenoxy) is 2. The molecule has 274 valence electrons. The number of aromatic amines is 1. The van der Waals surface area contributed by atoms with Crippen molar-refractivity contribution < 1.29 is 19.1 Å². The van der Waals surface area contributed by atoms with E-state index >= 15 is 0 Å². The number of aryl methyl sites for hydroxylation is 1. The van der Waals surface area contributed by atoms with Gasteiger partial charge in [-0.25, -0.2) is 9.98 Å². The van der Waals surface area contributed by atoms with Gasteiger partial charge in [-0.15, -0.1) is 0 Å². The molecule has 1 aliphatic rings. The van der Waals surface area contributed by atoms with Gasteiger partial charge in [0.05, 0.1) is 28.1 Å². The van der Waals surface area contributed by atoms with Gasteiger partial charge in [-0.2, -0.15) is 0 Å². The molecule has 0 radical (unpaired) electrons. The van der Waals surface area contributed by atoms with Gasteiger partial charge in [-0.3, -0.25) is 15.0 Å². The first-order valence-electron chi connectivity index (χ1n) is 18.5. The van der Waals surface area contributed by atoms with Crippen molar-refractivity contribution >= 4 is 39.7 Å². The number of nitrogens with one attached hydrogen (secondary N) is 2. The van der Waals surface area contributed by atoms with E-state index in [4.69, 9.17) is 24.9 Å². The number of rotatable bonds is 10. The Balaban J connectivity index is 0.869. The predicted octanol–water partition coefficient (Wildman–Crippen LogP) is 11.7. The van der Waals surface area contributed by atoms with Crippen molar-refractivity contribution in [3.8, 4) is 45.5 Å². The predicted molar refractivity (Wildman–Crippen MR) is 224 cm³/mol. The average Bonchev–Trinajstić information content (AvgIpc) is 3.82. The topological polar surface area (TPSA) is 117 Å². The quantitative estimate of drug-likeness (QED) is 0.135. The zero-order valence-corrected chi connectivity index (χ0v) is 31.0. The van der Waals surface area contributed by atoms with E-state index < -0.39 is 0 Å². The highest BCUT2D eigenvalue weighted by atomic mass is 16.5. The maximum atomic E-state index is 12.9. The normalized spacial score (nSPS) is 12.0. The van der Waals surface area contributed by atoms with Gasteiger partial charge in [0.15, 0.2) is 11.6 Å². The van der Waals surface area contributed by atoms with Crippen molar-refractivity contribution in [1.29, 1.82) is 5.41 Å². The molecule has 8 aromatic rings. The minimum absolute atomic E-state index is 0.0405. The number of fused-ring (bicyclic) bond motifs is 2. The summed E-state index contributed by atoms with van der Waals surface area (Å²) in [5, 5.41) is 8.88. The van der Waals surface area contributed by atoms with Gasteiger partial charge >= 0.3 is 0 Å². The third-order valence-electron chi connectivity index (χ3n) is 9.97. The number of carbonyl (C=O) groups excluding carboxylic acids is 2. The smallest absolute Gasteiger partial charge is 0.193 e. The molecule has 9 rings (SSSR count). The molecule has 0 spiro atoms. The molecule has 0 aliphatic carbocycles. The van der Waals surface area contributed by atoms with Crippen LogP contribution in [0.3, 0.4) is 0 Å². The van der Waals surface area contributed by atoms with Gasteiger partial charge < -0.3 is 14.5 Å². The lowest BCUT2D eigenvalue weighted by molar-refractivity contribution is 0.101. The van der Waals surface area contributed by atoms with Crippen LogP contribution in [0, 0.1) is 12.3 Å². The van der Waals surface area contributed by atoms with Gasteiger partial charge in [0.1, 0.15) is 28.8 Å². The average molecular weight is 743 g/mol. The number of ketones is 2. The van der Waals surface area contributed by atoms with Crippen molar-refractivity contribution in [2.24, 2.45) is 4.99 Å². The van der Waals surface area contributed by atoms with Crippen molar-refractivity contribution in [2.75, 3.05) is 0 Å². The van der Waals surface area contributed by atoms with Crippen LogP contribution in [-0.2, 0) is 0 Å². The monoisotopic (exact) mass is 742 g/mol. The molecule has 2 heterocycles. The van der Waals surface area contributed by atoms with E-state index in [0.29, 0.717) is 39.6 Å². The zero-order valence-electron chi connectivity index (χ0n) is 31.0. The van der Waals surface area contributed by atoms with E-state index in [1.165, 1.54) is 12.5 Å². The molecular formula is C49H34N4O4. The highest BCUT2D eigenvalue weighted by Crippen LogP contribution is 2.35. The van der Waals surface area contributed by atoms with Crippen LogP contribution in [0.2, 0.25) is 0 Å². The molecule has 0 saturated carbocycles. The highest BCUT2D eigenvalue weighted by Gasteiger charge is 2.23. The van der Waals surface area contributed by atoms with Crippen LogP contribution in [0.15, 0.2) is 163 Å².